The molecule has 2 N–H and O–H groups in total. The summed E-state index contributed by atoms with van der Waals surface area (Å²) in [5.41, 5.74) is 2.21. The SMILES string of the molecule is CC(C)NC(=O)CCNCc1ccnc2ccccc12. The Balaban J connectivity index is 1.86. The van der Waals surface area contributed by atoms with E-state index < -0.39 is 0 Å². The van der Waals surface area contributed by atoms with Gasteiger partial charge >= 0.3 is 0 Å². The Bertz CT molecular complexity index is 575. The van der Waals surface area contributed by atoms with Gasteiger partial charge in [0.1, 0.15) is 0 Å². The average molecular weight is 271 g/mol. The first-order valence-electron chi connectivity index (χ1n) is 6.99. The highest BCUT2D eigenvalue weighted by molar-refractivity contribution is 5.81. The molecule has 0 aliphatic heterocycles. The maximum atomic E-state index is 11.5. The minimum atomic E-state index is 0.0899. The van der Waals surface area contributed by atoms with Gasteiger partial charge < -0.3 is 10.6 Å². The smallest absolute Gasteiger partial charge is 0.221 e. The number of benzene rings is 1. The van der Waals surface area contributed by atoms with Crippen LogP contribution in [0, 0.1) is 0 Å². The Morgan fingerprint density at radius 2 is 2.05 bits per heavy atom. The van der Waals surface area contributed by atoms with Crippen LogP contribution in [0.15, 0.2) is 36.5 Å². The third-order valence-electron chi connectivity index (χ3n) is 3.03. The van der Waals surface area contributed by atoms with Crippen molar-refractivity contribution in [2.45, 2.75) is 32.9 Å². The highest BCUT2D eigenvalue weighted by Gasteiger charge is 2.04. The number of carbonyl (C=O) groups excluding carboxylic acids is 1. The van der Waals surface area contributed by atoms with Gasteiger partial charge in [0.05, 0.1) is 5.52 Å². The highest BCUT2D eigenvalue weighted by Crippen LogP contribution is 2.15. The number of nitrogens with zero attached hydrogens (tertiary/aromatic N) is 1. The van der Waals surface area contributed by atoms with Gasteiger partial charge in [-0.2, -0.15) is 0 Å². The van der Waals surface area contributed by atoms with Gasteiger partial charge in [0.15, 0.2) is 0 Å². The summed E-state index contributed by atoms with van der Waals surface area (Å²) in [7, 11) is 0. The van der Waals surface area contributed by atoms with E-state index in [2.05, 4.69) is 21.7 Å². The summed E-state index contributed by atoms with van der Waals surface area (Å²) >= 11 is 0. The minimum absolute atomic E-state index is 0.0899. The number of fused-ring (bicyclic) bond motifs is 1. The average Bonchev–Trinajstić information content (AvgIpc) is 2.43. The summed E-state index contributed by atoms with van der Waals surface area (Å²) in [6.45, 7) is 5.36. The monoisotopic (exact) mass is 271 g/mol. The normalized spacial score (nSPS) is 10.9. The fourth-order valence-corrected chi connectivity index (χ4v) is 2.13. The zero-order chi connectivity index (χ0) is 14.4. The van der Waals surface area contributed by atoms with E-state index in [1.165, 1.54) is 5.56 Å². The second-order valence-corrected chi connectivity index (χ2v) is 5.14. The van der Waals surface area contributed by atoms with Gasteiger partial charge in [-0.15, -0.1) is 0 Å². The van der Waals surface area contributed by atoms with Gasteiger partial charge in [-0.05, 0) is 31.5 Å². The van der Waals surface area contributed by atoms with Gasteiger partial charge in [0.2, 0.25) is 5.91 Å². The predicted octanol–water partition coefficient (Wildman–Crippen LogP) is 2.24. The molecular formula is C16H21N3O. The second-order valence-electron chi connectivity index (χ2n) is 5.14. The van der Waals surface area contributed by atoms with Crippen molar-refractivity contribution < 1.29 is 4.79 Å². The number of hydrogen-bond acceptors (Lipinski definition) is 3. The predicted molar refractivity (Wildman–Crippen MR) is 81.3 cm³/mol. The molecule has 0 aliphatic rings. The molecule has 2 aromatic rings. The van der Waals surface area contributed by atoms with Crippen LogP contribution >= 0.6 is 0 Å². The van der Waals surface area contributed by atoms with Gasteiger partial charge in [-0.1, -0.05) is 18.2 Å². The lowest BCUT2D eigenvalue weighted by Gasteiger charge is -2.10. The van der Waals surface area contributed by atoms with Gasteiger partial charge in [-0.25, -0.2) is 0 Å². The van der Waals surface area contributed by atoms with Crippen molar-refractivity contribution in [1.82, 2.24) is 15.6 Å². The molecule has 0 aliphatic carbocycles. The summed E-state index contributed by atoms with van der Waals surface area (Å²) in [4.78, 5) is 15.9. The minimum Gasteiger partial charge on any atom is -0.354 e. The van der Waals surface area contributed by atoms with E-state index >= 15 is 0 Å². The highest BCUT2D eigenvalue weighted by atomic mass is 16.1. The third-order valence-corrected chi connectivity index (χ3v) is 3.03. The molecule has 0 bridgehead atoms. The van der Waals surface area contributed by atoms with Crippen LogP contribution in [-0.4, -0.2) is 23.5 Å². The van der Waals surface area contributed by atoms with Crippen LogP contribution in [0.5, 0.6) is 0 Å². The van der Waals surface area contributed by atoms with Crippen LogP contribution in [0.4, 0.5) is 0 Å². The van der Waals surface area contributed by atoms with Crippen LogP contribution in [0.2, 0.25) is 0 Å². The van der Waals surface area contributed by atoms with E-state index in [0.717, 1.165) is 17.4 Å². The Morgan fingerprint density at radius 1 is 1.25 bits per heavy atom. The van der Waals surface area contributed by atoms with Crippen molar-refractivity contribution in [3.8, 4) is 0 Å². The van der Waals surface area contributed by atoms with Gasteiger partial charge in [-0.3, -0.25) is 9.78 Å². The first-order chi connectivity index (χ1) is 9.66. The molecule has 0 atom stereocenters. The summed E-state index contributed by atoms with van der Waals surface area (Å²) in [6, 6.07) is 10.3. The number of amides is 1. The number of hydrogen-bond donors (Lipinski definition) is 2. The van der Waals surface area contributed by atoms with Crippen molar-refractivity contribution in [2.75, 3.05) is 6.54 Å². The molecule has 4 nitrogen and oxygen atoms in total. The van der Waals surface area contributed by atoms with Crippen molar-refractivity contribution in [2.24, 2.45) is 0 Å². The summed E-state index contributed by atoms with van der Waals surface area (Å²) in [5.74, 6) is 0.0899. The summed E-state index contributed by atoms with van der Waals surface area (Å²) in [6.07, 6.45) is 2.33. The van der Waals surface area contributed by atoms with Crippen molar-refractivity contribution in [1.29, 1.82) is 0 Å². The van der Waals surface area contributed by atoms with Crippen LogP contribution in [0.1, 0.15) is 25.8 Å². The van der Waals surface area contributed by atoms with Gasteiger partial charge in [0.25, 0.3) is 0 Å². The number of pyridine rings is 1. The Labute approximate surface area is 119 Å². The molecule has 20 heavy (non-hydrogen) atoms. The fraction of sp³-hybridized carbons (Fsp3) is 0.375. The van der Waals surface area contributed by atoms with Crippen LogP contribution in [0.25, 0.3) is 10.9 Å². The largest absolute Gasteiger partial charge is 0.354 e. The molecule has 0 saturated heterocycles. The quantitative estimate of drug-likeness (QED) is 0.792. The van der Waals surface area contributed by atoms with Crippen LogP contribution in [-0.2, 0) is 11.3 Å². The second kappa shape index (κ2) is 7.01. The van der Waals surface area contributed by atoms with Crippen molar-refractivity contribution in [3.63, 3.8) is 0 Å². The molecule has 0 spiro atoms. The molecule has 1 heterocycles. The number of aromatic nitrogens is 1. The molecule has 0 radical (unpaired) electrons. The number of para-hydroxylation sites is 1. The van der Waals surface area contributed by atoms with E-state index in [0.29, 0.717) is 13.0 Å². The topological polar surface area (TPSA) is 54.0 Å². The molecule has 0 saturated carbocycles. The lowest BCUT2D eigenvalue weighted by Crippen LogP contribution is -2.32. The van der Waals surface area contributed by atoms with E-state index in [-0.39, 0.29) is 11.9 Å². The first kappa shape index (κ1) is 14.5. The summed E-state index contributed by atoms with van der Waals surface area (Å²) < 4.78 is 0. The Hall–Kier alpha value is -1.94. The fourth-order valence-electron chi connectivity index (χ4n) is 2.13. The first-order valence-corrected chi connectivity index (χ1v) is 6.99. The molecule has 106 valence electrons. The molecule has 1 amide bonds. The van der Waals surface area contributed by atoms with Crippen molar-refractivity contribution >= 4 is 16.8 Å². The molecule has 1 aromatic heterocycles. The van der Waals surface area contributed by atoms with Crippen LogP contribution < -0.4 is 10.6 Å². The van der Waals surface area contributed by atoms with Crippen molar-refractivity contribution in [3.05, 3.63) is 42.1 Å². The lowest BCUT2D eigenvalue weighted by atomic mass is 10.1. The maximum Gasteiger partial charge on any atom is 0.221 e. The zero-order valence-electron chi connectivity index (χ0n) is 12.0. The Kier molecular flexibility index (Phi) is 5.07. The third kappa shape index (κ3) is 4.03. The molecule has 2 rings (SSSR count). The molecular weight excluding hydrogens is 250 g/mol. The Morgan fingerprint density at radius 3 is 2.85 bits per heavy atom. The number of nitrogens with one attached hydrogen (secondary N) is 2. The molecule has 0 unspecified atom stereocenters. The van der Waals surface area contributed by atoms with E-state index in [1.54, 1.807) is 0 Å². The zero-order valence-corrected chi connectivity index (χ0v) is 12.0. The maximum absolute atomic E-state index is 11.5. The van der Waals surface area contributed by atoms with Gasteiger partial charge in [0, 0.05) is 37.1 Å². The molecule has 4 heteroatoms. The summed E-state index contributed by atoms with van der Waals surface area (Å²) in [5, 5.41) is 7.35. The van der Waals surface area contributed by atoms with Crippen LogP contribution in [0.3, 0.4) is 0 Å². The standard InChI is InChI=1S/C16H21N3O/c1-12(2)19-16(20)8-9-17-11-13-7-10-18-15-6-4-3-5-14(13)15/h3-7,10,12,17H,8-9,11H2,1-2H3,(H,19,20). The number of carbonyl (C=O) groups is 1. The van der Waals surface area contributed by atoms with E-state index in [9.17, 15) is 4.79 Å². The lowest BCUT2D eigenvalue weighted by molar-refractivity contribution is -0.121. The van der Waals surface area contributed by atoms with E-state index in [1.807, 2.05) is 44.3 Å². The molecule has 0 fully saturated rings. The number of rotatable bonds is 6. The van der Waals surface area contributed by atoms with E-state index in [4.69, 9.17) is 0 Å². The molecule has 1 aromatic carbocycles.